The van der Waals surface area contributed by atoms with Crippen LogP contribution in [-0.2, 0) is 0 Å². The fourth-order valence-electron chi connectivity index (χ4n) is 2.07. The largest absolute Gasteiger partial charge is 0.486 e. The van der Waals surface area contributed by atoms with Gasteiger partial charge in [-0.2, -0.15) is 0 Å². The highest BCUT2D eigenvalue weighted by Crippen LogP contribution is 2.32. The molecule has 1 aliphatic rings. The van der Waals surface area contributed by atoms with E-state index >= 15 is 0 Å². The van der Waals surface area contributed by atoms with Crippen molar-refractivity contribution in [2.24, 2.45) is 0 Å². The Morgan fingerprint density at radius 1 is 1.24 bits per heavy atom. The van der Waals surface area contributed by atoms with E-state index in [2.05, 4.69) is 5.32 Å². The zero-order valence-corrected chi connectivity index (χ0v) is 11.2. The van der Waals surface area contributed by atoms with E-state index in [1.165, 1.54) is 6.26 Å². The van der Waals surface area contributed by atoms with Gasteiger partial charge in [0.2, 0.25) is 0 Å². The van der Waals surface area contributed by atoms with Crippen molar-refractivity contribution in [3.63, 3.8) is 0 Å². The van der Waals surface area contributed by atoms with E-state index in [1.54, 1.807) is 30.3 Å². The topological polar surface area (TPSA) is 80.9 Å². The van der Waals surface area contributed by atoms with Gasteiger partial charge in [0.25, 0.3) is 5.91 Å². The van der Waals surface area contributed by atoms with Gasteiger partial charge in [-0.1, -0.05) is 6.07 Å². The molecule has 6 heteroatoms. The number of benzene rings is 1. The van der Waals surface area contributed by atoms with Crippen LogP contribution in [0.4, 0.5) is 0 Å². The third kappa shape index (κ3) is 3.00. The van der Waals surface area contributed by atoms with Gasteiger partial charge in [-0.15, -0.1) is 0 Å². The van der Waals surface area contributed by atoms with Crippen molar-refractivity contribution in [1.29, 1.82) is 0 Å². The number of hydrogen-bond acceptors (Lipinski definition) is 5. The minimum absolute atomic E-state index is 0.0825. The van der Waals surface area contributed by atoms with E-state index in [-0.39, 0.29) is 18.2 Å². The zero-order valence-electron chi connectivity index (χ0n) is 11.2. The number of aliphatic hydroxyl groups excluding tert-OH is 1. The summed E-state index contributed by atoms with van der Waals surface area (Å²) in [7, 11) is 0. The Morgan fingerprint density at radius 2 is 2.05 bits per heavy atom. The average molecular weight is 289 g/mol. The predicted molar refractivity (Wildman–Crippen MR) is 73.4 cm³/mol. The quantitative estimate of drug-likeness (QED) is 0.891. The summed E-state index contributed by atoms with van der Waals surface area (Å²) in [5, 5.41) is 12.7. The molecule has 110 valence electrons. The second-order valence-corrected chi connectivity index (χ2v) is 4.61. The van der Waals surface area contributed by atoms with Gasteiger partial charge < -0.3 is 24.3 Å². The van der Waals surface area contributed by atoms with E-state index in [4.69, 9.17) is 13.9 Å². The van der Waals surface area contributed by atoms with Crippen molar-refractivity contribution in [3.8, 4) is 11.5 Å². The van der Waals surface area contributed by atoms with Crippen molar-refractivity contribution in [3.05, 3.63) is 47.9 Å². The predicted octanol–water partition coefficient (Wildman–Crippen LogP) is 1.51. The number of carbonyl (C=O) groups excluding carboxylic acids is 1. The van der Waals surface area contributed by atoms with Gasteiger partial charge >= 0.3 is 0 Å². The maximum absolute atomic E-state index is 11.7. The van der Waals surface area contributed by atoms with Crippen LogP contribution < -0.4 is 14.8 Å². The van der Waals surface area contributed by atoms with Crippen LogP contribution in [0.5, 0.6) is 11.5 Å². The third-order valence-corrected chi connectivity index (χ3v) is 3.15. The maximum atomic E-state index is 11.7. The number of hydrogen-bond donors (Lipinski definition) is 2. The van der Waals surface area contributed by atoms with Crippen molar-refractivity contribution in [1.82, 2.24) is 5.32 Å². The van der Waals surface area contributed by atoms with Crippen LogP contribution in [0.1, 0.15) is 22.2 Å². The Hall–Kier alpha value is -2.47. The smallest absolute Gasteiger partial charge is 0.287 e. The molecule has 3 rings (SSSR count). The first-order chi connectivity index (χ1) is 10.2. The molecule has 1 aromatic carbocycles. The normalized spacial score (nSPS) is 14.5. The molecule has 1 amide bonds. The number of aliphatic hydroxyl groups is 1. The number of amides is 1. The van der Waals surface area contributed by atoms with Crippen molar-refractivity contribution in [2.75, 3.05) is 19.8 Å². The molecule has 0 unspecified atom stereocenters. The first-order valence-corrected chi connectivity index (χ1v) is 6.63. The molecule has 0 aliphatic carbocycles. The summed E-state index contributed by atoms with van der Waals surface area (Å²) in [5.41, 5.74) is 0.652. The first-order valence-electron chi connectivity index (χ1n) is 6.63. The minimum Gasteiger partial charge on any atom is -0.486 e. The second-order valence-electron chi connectivity index (χ2n) is 4.61. The molecule has 0 spiro atoms. The molecule has 0 bridgehead atoms. The van der Waals surface area contributed by atoms with Crippen LogP contribution in [0.3, 0.4) is 0 Å². The Morgan fingerprint density at radius 3 is 2.81 bits per heavy atom. The number of ether oxygens (including phenoxy) is 2. The van der Waals surface area contributed by atoms with Crippen molar-refractivity contribution >= 4 is 5.91 Å². The van der Waals surface area contributed by atoms with E-state index in [1.807, 2.05) is 0 Å². The summed E-state index contributed by atoms with van der Waals surface area (Å²) in [4.78, 5) is 11.7. The minimum atomic E-state index is -0.834. The Labute approximate surface area is 121 Å². The van der Waals surface area contributed by atoms with Crippen LogP contribution in [0.25, 0.3) is 0 Å². The van der Waals surface area contributed by atoms with Gasteiger partial charge in [0.05, 0.1) is 12.4 Å². The Kier molecular flexibility index (Phi) is 3.79. The SMILES string of the molecule is O=C(NC[C@H](O)c1ccc2c(c1)OCCO2)c1ccco1. The van der Waals surface area contributed by atoms with E-state index in [0.717, 1.165) is 0 Å². The Balaban J connectivity index is 1.62. The fraction of sp³-hybridized carbons (Fsp3) is 0.267. The first kappa shape index (κ1) is 13.5. The molecule has 2 aromatic rings. The molecule has 0 radical (unpaired) electrons. The Bertz CT molecular complexity index is 623. The third-order valence-electron chi connectivity index (χ3n) is 3.15. The van der Waals surface area contributed by atoms with Crippen LogP contribution in [0.15, 0.2) is 41.0 Å². The number of fused-ring (bicyclic) bond motifs is 1. The molecule has 0 fully saturated rings. The number of rotatable bonds is 4. The molecule has 21 heavy (non-hydrogen) atoms. The van der Waals surface area contributed by atoms with Crippen molar-refractivity contribution < 1.29 is 23.8 Å². The maximum Gasteiger partial charge on any atom is 0.287 e. The lowest BCUT2D eigenvalue weighted by Gasteiger charge is -2.20. The van der Waals surface area contributed by atoms with E-state index in [9.17, 15) is 9.90 Å². The summed E-state index contributed by atoms with van der Waals surface area (Å²) in [5.74, 6) is 1.12. The standard InChI is InChI=1S/C15H15NO5/c17-11(9-16-15(18)13-2-1-5-19-13)10-3-4-12-14(8-10)21-7-6-20-12/h1-5,8,11,17H,6-7,9H2,(H,16,18)/t11-/m0/s1. The lowest BCUT2D eigenvalue weighted by molar-refractivity contribution is 0.0888. The monoisotopic (exact) mass is 289 g/mol. The summed E-state index contributed by atoms with van der Waals surface area (Å²) in [6.07, 6.45) is 0.589. The van der Waals surface area contributed by atoms with E-state index in [0.29, 0.717) is 30.3 Å². The summed E-state index contributed by atoms with van der Waals surface area (Å²) in [6, 6.07) is 8.41. The zero-order chi connectivity index (χ0) is 14.7. The van der Waals surface area contributed by atoms with Crippen LogP contribution in [0.2, 0.25) is 0 Å². The summed E-state index contributed by atoms with van der Waals surface area (Å²) >= 11 is 0. The molecular weight excluding hydrogens is 274 g/mol. The van der Waals surface area contributed by atoms with Crippen LogP contribution in [-0.4, -0.2) is 30.8 Å². The molecule has 0 saturated carbocycles. The molecule has 1 aromatic heterocycles. The number of furan rings is 1. The highest BCUT2D eigenvalue weighted by atomic mass is 16.6. The fourth-order valence-corrected chi connectivity index (χ4v) is 2.07. The van der Waals surface area contributed by atoms with Gasteiger partial charge in [-0.25, -0.2) is 0 Å². The summed E-state index contributed by atoms with van der Waals surface area (Å²) < 4.78 is 15.9. The lowest BCUT2D eigenvalue weighted by atomic mass is 10.1. The molecule has 0 saturated heterocycles. The summed E-state index contributed by atoms with van der Waals surface area (Å²) in [6.45, 7) is 1.09. The molecular formula is C15H15NO5. The van der Waals surface area contributed by atoms with Crippen LogP contribution >= 0.6 is 0 Å². The molecule has 2 N–H and O–H groups in total. The van der Waals surface area contributed by atoms with Gasteiger partial charge in [-0.3, -0.25) is 4.79 Å². The van der Waals surface area contributed by atoms with Gasteiger partial charge in [0.15, 0.2) is 17.3 Å². The number of nitrogens with one attached hydrogen (secondary N) is 1. The average Bonchev–Trinajstić information content (AvgIpc) is 3.06. The molecule has 1 aliphatic heterocycles. The van der Waals surface area contributed by atoms with Gasteiger partial charge in [0, 0.05) is 6.54 Å². The highest BCUT2D eigenvalue weighted by Gasteiger charge is 2.16. The van der Waals surface area contributed by atoms with Crippen molar-refractivity contribution in [2.45, 2.75) is 6.10 Å². The van der Waals surface area contributed by atoms with Gasteiger partial charge in [-0.05, 0) is 29.8 Å². The van der Waals surface area contributed by atoms with Crippen LogP contribution in [0, 0.1) is 0 Å². The second kappa shape index (κ2) is 5.88. The molecule has 6 nitrogen and oxygen atoms in total. The highest BCUT2D eigenvalue weighted by molar-refractivity contribution is 5.91. The van der Waals surface area contributed by atoms with Gasteiger partial charge in [0.1, 0.15) is 13.2 Å². The van der Waals surface area contributed by atoms with E-state index < -0.39 is 6.10 Å². The molecule has 2 heterocycles. The number of carbonyl (C=O) groups is 1. The lowest BCUT2D eigenvalue weighted by Crippen LogP contribution is -2.28. The molecule has 1 atom stereocenters.